The predicted molar refractivity (Wildman–Crippen MR) is 242 cm³/mol. The number of para-hydroxylation sites is 2. The van der Waals surface area contributed by atoms with Crippen molar-refractivity contribution in [1.82, 2.24) is 19.5 Å². The Morgan fingerprint density at radius 1 is 0.404 bits per heavy atom. The SMILES string of the molecule is [2H]c1c([2H])c([2H])c(-c2nc(-c3cccc4c3sc3ccccc34)nc(-c3cc(-n4c5ccccc5c5ccccc54)cc4c3sc3ccc(-c5ccccc5)cc34)n2)c([2H])c1[2H]. The molecule has 0 bridgehead atoms. The lowest BCUT2D eigenvalue weighted by atomic mass is 10.0. The smallest absolute Gasteiger partial charge is 0.165 e. The summed E-state index contributed by atoms with van der Waals surface area (Å²) in [7, 11) is 0. The van der Waals surface area contributed by atoms with Crippen LogP contribution in [-0.4, -0.2) is 19.5 Å². The highest BCUT2D eigenvalue weighted by Gasteiger charge is 2.22. The average molecular weight is 768 g/mol. The van der Waals surface area contributed by atoms with Gasteiger partial charge in [-0.15, -0.1) is 22.7 Å². The van der Waals surface area contributed by atoms with Gasteiger partial charge in [-0.3, -0.25) is 0 Å². The quantitative estimate of drug-likeness (QED) is 0.175. The summed E-state index contributed by atoms with van der Waals surface area (Å²) in [5.74, 6) is 0.678. The molecule has 0 aliphatic rings. The molecule has 4 nitrogen and oxygen atoms in total. The predicted octanol–water partition coefficient (Wildman–Crippen LogP) is 14.4. The molecule has 0 aliphatic carbocycles. The van der Waals surface area contributed by atoms with Crippen molar-refractivity contribution in [2.24, 2.45) is 0 Å². The zero-order valence-corrected chi connectivity index (χ0v) is 31.7. The molecular formula is C51H30N4S2. The lowest BCUT2D eigenvalue weighted by Gasteiger charge is -2.13. The molecule has 0 saturated heterocycles. The van der Waals surface area contributed by atoms with Gasteiger partial charge in [-0.2, -0.15) is 0 Å². The van der Waals surface area contributed by atoms with Crippen LogP contribution >= 0.6 is 22.7 Å². The Hall–Kier alpha value is -6.99. The van der Waals surface area contributed by atoms with Crippen molar-refractivity contribution in [3.8, 4) is 51.0 Å². The van der Waals surface area contributed by atoms with Crippen LogP contribution in [0.25, 0.3) is 113 Å². The van der Waals surface area contributed by atoms with Crippen LogP contribution in [0.5, 0.6) is 0 Å². The second kappa shape index (κ2) is 12.8. The second-order valence-electron chi connectivity index (χ2n) is 14.0. The molecule has 0 radical (unpaired) electrons. The van der Waals surface area contributed by atoms with Crippen LogP contribution in [0.4, 0.5) is 0 Å². The van der Waals surface area contributed by atoms with Crippen LogP contribution in [0.15, 0.2) is 182 Å². The minimum Gasteiger partial charge on any atom is -0.309 e. The van der Waals surface area contributed by atoms with Crippen molar-refractivity contribution >= 4 is 84.8 Å². The fourth-order valence-corrected chi connectivity index (χ4v) is 10.6. The third kappa shape index (κ3) is 5.15. The third-order valence-corrected chi connectivity index (χ3v) is 13.2. The van der Waals surface area contributed by atoms with Crippen LogP contribution in [-0.2, 0) is 0 Å². The van der Waals surface area contributed by atoms with Crippen LogP contribution in [0.1, 0.15) is 6.85 Å². The number of nitrogens with zero attached hydrogens (tertiary/aromatic N) is 4. The molecule has 0 fully saturated rings. The Bertz CT molecular complexity index is 3750. The summed E-state index contributed by atoms with van der Waals surface area (Å²) >= 11 is 3.30. The van der Waals surface area contributed by atoms with Crippen molar-refractivity contribution in [2.45, 2.75) is 0 Å². The molecule has 0 amide bonds. The number of benzene rings is 8. The minimum atomic E-state index is -0.478. The monoisotopic (exact) mass is 767 g/mol. The molecule has 4 heterocycles. The van der Waals surface area contributed by atoms with Gasteiger partial charge in [-0.1, -0.05) is 133 Å². The molecule has 0 unspecified atom stereocenters. The molecule has 0 aliphatic heterocycles. The van der Waals surface area contributed by atoms with E-state index in [9.17, 15) is 0 Å². The number of fused-ring (bicyclic) bond motifs is 9. The standard InChI is InChI=1S/C51H30N4S2/c1-3-14-31(15-4-1)33-26-27-46-40(28-33)41-29-34(55-43-23-10-7-18-35(43)36-19-8-11-24-44(36)55)30-42(48(41)57-46)51-53-49(32-16-5-2-6-17-32)52-50(54-51)39-22-13-21-38-37-20-9-12-25-45(37)56-47(38)39/h1-30H/i2D,5D,6D,16D,17D. The molecule has 12 rings (SSSR count). The Morgan fingerprint density at radius 2 is 1.02 bits per heavy atom. The maximum Gasteiger partial charge on any atom is 0.165 e. The van der Waals surface area contributed by atoms with E-state index in [4.69, 9.17) is 21.8 Å². The zero-order valence-electron chi connectivity index (χ0n) is 35.0. The van der Waals surface area contributed by atoms with E-state index < -0.39 is 18.1 Å². The second-order valence-corrected chi connectivity index (χ2v) is 16.1. The van der Waals surface area contributed by atoms with E-state index in [1.807, 2.05) is 30.3 Å². The highest BCUT2D eigenvalue weighted by atomic mass is 32.1. The number of hydrogen-bond donors (Lipinski definition) is 0. The van der Waals surface area contributed by atoms with Crippen molar-refractivity contribution in [1.29, 1.82) is 0 Å². The minimum absolute atomic E-state index is 0.00278. The summed E-state index contributed by atoms with van der Waals surface area (Å²) in [6, 6.07) is 50.3. The first-order chi connectivity index (χ1) is 30.3. The maximum absolute atomic E-state index is 9.03. The van der Waals surface area contributed by atoms with Crippen LogP contribution in [0.2, 0.25) is 0 Å². The maximum atomic E-state index is 9.03. The average Bonchev–Trinajstić information content (AvgIpc) is 3.99. The summed E-state index contributed by atoms with van der Waals surface area (Å²) in [4.78, 5) is 15.4. The van der Waals surface area contributed by atoms with E-state index in [-0.39, 0.29) is 23.5 Å². The van der Waals surface area contributed by atoms with E-state index >= 15 is 0 Å². The Morgan fingerprint density at radius 3 is 1.79 bits per heavy atom. The molecule has 0 spiro atoms. The van der Waals surface area contributed by atoms with Gasteiger partial charge in [-0.05, 0) is 59.7 Å². The number of hydrogen-bond acceptors (Lipinski definition) is 5. The summed E-state index contributed by atoms with van der Waals surface area (Å²) in [6.07, 6.45) is 0. The summed E-state index contributed by atoms with van der Waals surface area (Å²) < 4.78 is 50.1. The molecule has 6 heteroatoms. The highest BCUT2D eigenvalue weighted by Crippen LogP contribution is 2.45. The van der Waals surface area contributed by atoms with Crippen molar-refractivity contribution in [3.05, 3.63) is 182 Å². The van der Waals surface area contributed by atoms with Gasteiger partial charge in [0, 0.05) is 73.5 Å². The van der Waals surface area contributed by atoms with Crippen molar-refractivity contribution in [2.75, 3.05) is 0 Å². The van der Waals surface area contributed by atoms with Gasteiger partial charge in [-0.25, -0.2) is 15.0 Å². The van der Waals surface area contributed by atoms with E-state index in [0.717, 1.165) is 90.1 Å². The normalized spacial score (nSPS) is 13.1. The van der Waals surface area contributed by atoms with Gasteiger partial charge in [0.2, 0.25) is 0 Å². The molecule has 4 aromatic heterocycles. The molecule has 8 aromatic carbocycles. The first-order valence-electron chi connectivity index (χ1n) is 21.1. The molecule has 57 heavy (non-hydrogen) atoms. The molecular weight excluding hydrogens is 733 g/mol. The lowest BCUT2D eigenvalue weighted by molar-refractivity contribution is 1.08. The van der Waals surface area contributed by atoms with E-state index in [0.29, 0.717) is 11.6 Å². The van der Waals surface area contributed by atoms with Gasteiger partial charge in [0.15, 0.2) is 17.5 Å². The molecule has 0 atom stereocenters. The molecule has 0 saturated carbocycles. The summed E-state index contributed by atoms with van der Waals surface area (Å²) in [5, 5.41) is 6.56. The van der Waals surface area contributed by atoms with Gasteiger partial charge in [0.05, 0.1) is 17.9 Å². The molecule has 266 valence electrons. The topological polar surface area (TPSA) is 43.6 Å². The van der Waals surface area contributed by atoms with Crippen molar-refractivity contribution < 1.29 is 6.85 Å². The Kier molecular flexibility index (Phi) is 6.18. The highest BCUT2D eigenvalue weighted by molar-refractivity contribution is 7.26. The van der Waals surface area contributed by atoms with Crippen LogP contribution in [0, 0.1) is 0 Å². The summed E-state index contributed by atoms with van der Waals surface area (Å²) in [5.41, 5.74) is 6.65. The van der Waals surface area contributed by atoms with Crippen molar-refractivity contribution in [3.63, 3.8) is 0 Å². The Balaban J connectivity index is 1.21. The van der Waals surface area contributed by atoms with Crippen LogP contribution < -0.4 is 0 Å². The number of aromatic nitrogens is 4. The van der Waals surface area contributed by atoms with Gasteiger partial charge in [0.25, 0.3) is 0 Å². The van der Waals surface area contributed by atoms with E-state index in [1.165, 1.54) is 0 Å². The summed E-state index contributed by atoms with van der Waals surface area (Å²) in [6.45, 7) is 0. The van der Waals surface area contributed by atoms with Crippen LogP contribution in [0.3, 0.4) is 0 Å². The first-order valence-corrected chi connectivity index (χ1v) is 20.2. The Labute approximate surface area is 342 Å². The fourth-order valence-electron chi connectivity index (χ4n) is 8.18. The largest absolute Gasteiger partial charge is 0.309 e. The third-order valence-electron chi connectivity index (χ3n) is 10.7. The van der Waals surface area contributed by atoms with E-state index in [2.05, 4.69) is 126 Å². The molecule has 0 N–H and O–H groups in total. The first kappa shape index (κ1) is 27.6. The number of rotatable bonds is 5. The lowest BCUT2D eigenvalue weighted by Crippen LogP contribution is -2.01. The zero-order chi connectivity index (χ0) is 41.8. The van der Waals surface area contributed by atoms with Gasteiger partial charge in [0.1, 0.15) is 0 Å². The number of thiophene rings is 2. The molecule has 12 aromatic rings. The van der Waals surface area contributed by atoms with Gasteiger partial charge < -0.3 is 4.57 Å². The van der Waals surface area contributed by atoms with Gasteiger partial charge >= 0.3 is 0 Å². The fraction of sp³-hybridized carbons (Fsp3) is 0. The van der Waals surface area contributed by atoms with E-state index in [1.54, 1.807) is 22.7 Å².